The highest BCUT2D eigenvalue weighted by molar-refractivity contribution is 5.52. The Labute approximate surface area is 54.3 Å². The fourth-order valence-corrected chi connectivity index (χ4v) is 0.837. The molecule has 1 aliphatic heterocycles. The number of nitrogens with one attached hydrogen (secondary N) is 1. The van der Waals surface area contributed by atoms with Crippen molar-refractivity contribution in [2.45, 2.75) is 0 Å². The number of carbonyl (C=O) groups excluding carboxylic acids is 1. The van der Waals surface area contributed by atoms with Crippen molar-refractivity contribution in [2.24, 2.45) is 0 Å². The van der Waals surface area contributed by atoms with Crippen molar-refractivity contribution in [3.05, 3.63) is 5.70 Å². The molecule has 1 N–H and O–H groups in total. The zero-order chi connectivity index (χ0) is 6.69. The Morgan fingerprint density at radius 2 is 2.56 bits per heavy atom. The Bertz CT molecular complexity index is 149. The maximum absolute atomic E-state index is 10.1. The second kappa shape index (κ2) is 2.67. The summed E-state index contributed by atoms with van der Waals surface area (Å²) in [6, 6.07) is 0. The lowest BCUT2D eigenvalue weighted by atomic mass is 10.3. The third kappa shape index (κ3) is 1.31. The second-order valence-electron chi connectivity index (χ2n) is 2.15. The summed E-state index contributed by atoms with van der Waals surface area (Å²) in [5.74, 6) is 1.88. The highest BCUT2D eigenvalue weighted by Crippen LogP contribution is 1.97. The molecule has 0 atom stereocenters. The molecular weight excluding hydrogens is 116 g/mol. The van der Waals surface area contributed by atoms with Crippen LogP contribution in [-0.4, -0.2) is 37.5 Å². The van der Waals surface area contributed by atoms with E-state index in [-0.39, 0.29) is 0 Å². The largest absolute Gasteiger partial charge is 0.367 e. The minimum Gasteiger partial charge on any atom is -0.367 e. The zero-order valence-corrected chi connectivity index (χ0v) is 5.48. The summed E-state index contributed by atoms with van der Waals surface area (Å²) >= 11 is 0. The van der Waals surface area contributed by atoms with Gasteiger partial charge in [-0.15, -0.1) is 0 Å². The van der Waals surface area contributed by atoms with Crippen molar-refractivity contribution < 1.29 is 4.79 Å². The number of piperazine rings is 1. The second-order valence-corrected chi connectivity index (χ2v) is 2.15. The molecular formula is C6H10N2O. The molecule has 0 aliphatic carbocycles. The van der Waals surface area contributed by atoms with Crippen LogP contribution in [-0.2, 0) is 4.79 Å². The first kappa shape index (κ1) is 6.33. The Balaban J connectivity index is 2.59. The summed E-state index contributed by atoms with van der Waals surface area (Å²) in [4.78, 5) is 12.0. The molecule has 0 spiro atoms. The molecule has 0 amide bonds. The van der Waals surface area contributed by atoms with E-state index in [1.165, 1.54) is 0 Å². The molecule has 0 saturated carbocycles. The lowest BCUT2D eigenvalue weighted by molar-refractivity contribution is 0.359. The quantitative estimate of drug-likeness (QED) is 0.433. The highest BCUT2D eigenvalue weighted by atomic mass is 16.1. The molecule has 3 heteroatoms. The first-order valence-electron chi connectivity index (χ1n) is 3.00. The van der Waals surface area contributed by atoms with Crippen LogP contribution < -0.4 is 5.32 Å². The van der Waals surface area contributed by atoms with Crippen molar-refractivity contribution in [1.82, 2.24) is 10.2 Å². The van der Waals surface area contributed by atoms with E-state index in [4.69, 9.17) is 0 Å². The molecule has 1 aliphatic rings. The van der Waals surface area contributed by atoms with Crippen molar-refractivity contribution in [2.75, 3.05) is 26.7 Å². The van der Waals surface area contributed by atoms with Crippen LogP contribution in [0.5, 0.6) is 0 Å². The third-order valence-corrected chi connectivity index (χ3v) is 1.50. The van der Waals surface area contributed by atoms with Gasteiger partial charge in [-0.25, -0.2) is 4.79 Å². The minimum absolute atomic E-state index is 0.667. The standard InChI is InChI=1S/C6H10N2O/c1-8-3-2-7-4-6(8)5-9/h7H,2-4H2,1H3. The van der Waals surface area contributed by atoms with Gasteiger partial charge >= 0.3 is 0 Å². The van der Waals surface area contributed by atoms with E-state index < -0.39 is 0 Å². The SMILES string of the molecule is CN1CCNCC1=C=O. The van der Waals surface area contributed by atoms with Gasteiger partial charge < -0.3 is 10.2 Å². The minimum atomic E-state index is 0.667. The third-order valence-electron chi connectivity index (χ3n) is 1.50. The summed E-state index contributed by atoms with van der Waals surface area (Å²) in [5, 5.41) is 3.07. The van der Waals surface area contributed by atoms with Crippen LogP contribution >= 0.6 is 0 Å². The molecule has 0 unspecified atom stereocenters. The van der Waals surface area contributed by atoms with Gasteiger partial charge in [0.15, 0.2) is 0 Å². The summed E-state index contributed by atoms with van der Waals surface area (Å²) in [6.45, 7) is 2.53. The van der Waals surface area contributed by atoms with Crippen molar-refractivity contribution in [3.63, 3.8) is 0 Å². The fourth-order valence-electron chi connectivity index (χ4n) is 0.837. The van der Waals surface area contributed by atoms with Gasteiger partial charge in [-0.1, -0.05) is 0 Å². The maximum atomic E-state index is 10.1. The predicted molar refractivity (Wildman–Crippen MR) is 34.7 cm³/mol. The summed E-state index contributed by atoms with van der Waals surface area (Å²) in [7, 11) is 1.90. The Hall–Kier alpha value is -0.790. The molecule has 3 nitrogen and oxygen atoms in total. The fraction of sp³-hybridized carbons (Fsp3) is 0.667. The summed E-state index contributed by atoms with van der Waals surface area (Å²) in [5.41, 5.74) is 0.723. The highest BCUT2D eigenvalue weighted by Gasteiger charge is 2.09. The number of hydrogen-bond acceptors (Lipinski definition) is 3. The van der Waals surface area contributed by atoms with E-state index in [1.807, 2.05) is 17.9 Å². The average molecular weight is 126 g/mol. The van der Waals surface area contributed by atoms with Crippen LogP contribution in [0.4, 0.5) is 0 Å². The lowest BCUT2D eigenvalue weighted by Gasteiger charge is -2.24. The maximum Gasteiger partial charge on any atom is 0.147 e. The van der Waals surface area contributed by atoms with Gasteiger partial charge in [0.25, 0.3) is 0 Å². The van der Waals surface area contributed by atoms with Crippen molar-refractivity contribution in [1.29, 1.82) is 0 Å². The van der Waals surface area contributed by atoms with Gasteiger partial charge in [0.1, 0.15) is 11.6 Å². The zero-order valence-electron chi connectivity index (χ0n) is 5.48. The number of likely N-dealkylation sites (N-methyl/N-ethyl adjacent to an activating group) is 1. The molecule has 50 valence electrons. The van der Waals surface area contributed by atoms with Gasteiger partial charge in [0.2, 0.25) is 0 Å². The Morgan fingerprint density at radius 1 is 1.78 bits per heavy atom. The van der Waals surface area contributed by atoms with Crippen LogP contribution in [0.1, 0.15) is 0 Å². The predicted octanol–water partition coefficient (Wildman–Crippen LogP) is -0.763. The van der Waals surface area contributed by atoms with Gasteiger partial charge in [0, 0.05) is 26.7 Å². The molecule has 0 radical (unpaired) electrons. The molecule has 0 aromatic rings. The first-order chi connectivity index (χ1) is 4.34. The number of rotatable bonds is 0. The van der Waals surface area contributed by atoms with E-state index in [2.05, 4.69) is 5.32 Å². The van der Waals surface area contributed by atoms with Crippen LogP contribution in [0.25, 0.3) is 0 Å². The monoisotopic (exact) mass is 126 g/mol. The van der Waals surface area contributed by atoms with Gasteiger partial charge in [0.05, 0.1) is 0 Å². The van der Waals surface area contributed by atoms with Crippen LogP contribution in [0, 0.1) is 0 Å². The molecule has 0 bridgehead atoms. The first-order valence-corrected chi connectivity index (χ1v) is 3.00. The molecule has 1 fully saturated rings. The lowest BCUT2D eigenvalue weighted by Crippen LogP contribution is -2.39. The van der Waals surface area contributed by atoms with E-state index in [0.717, 1.165) is 18.8 Å². The van der Waals surface area contributed by atoms with Gasteiger partial charge in [-0.2, -0.15) is 0 Å². The van der Waals surface area contributed by atoms with Crippen LogP contribution in [0.3, 0.4) is 0 Å². The van der Waals surface area contributed by atoms with Crippen LogP contribution in [0.15, 0.2) is 5.70 Å². The molecule has 9 heavy (non-hydrogen) atoms. The smallest absolute Gasteiger partial charge is 0.147 e. The van der Waals surface area contributed by atoms with E-state index in [0.29, 0.717) is 6.54 Å². The number of nitrogens with zero attached hydrogens (tertiary/aromatic N) is 1. The molecule has 0 aromatic carbocycles. The normalized spacial score (nSPS) is 19.7. The average Bonchev–Trinajstić information content (AvgIpc) is 1.89. The molecule has 1 heterocycles. The Kier molecular flexibility index (Phi) is 1.88. The Morgan fingerprint density at radius 3 is 3.00 bits per heavy atom. The molecule has 0 aromatic heterocycles. The summed E-state index contributed by atoms with van der Waals surface area (Å²) in [6.07, 6.45) is 0. The van der Waals surface area contributed by atoms with E-state index >= 15 is 0 Å². The summed E-state index contributed by atoms with van der Waals surface area (Å²) < 4.78 is 0. The molecule has 1 rings (SSSR count). The van der Waals surface area contributed by atoms with Gasteiger partial charge in [-0.05, 0) is 0 Å². The van der Waals surface area contributed by atoms with Crippen molar-refractivity contribution in [3.8, 4) is 0 Å². The molecule has 1 saturated heterocycles. The van der Waals surface area contributed by atoms with E-state index in [1.54, 1.807) is 0 Å². The van der Waals surface area contributed by atoms with Gasteiger partial charge in [-0.3, -0.25) is 0 Å². The van der Waals surface area contributed by atoms with E-state index in [9.17, 15) is 4.79 Å². The topological polar surface area (TPSA) is 32.3 Å². The number of hydrogen-bond donors (Lipinski definition) is 1. The van der Waals surface area contributed by atoms with Crippen LogP contribution in [0.2, 0.25) is 0 Å². The van der Waals surface area contributed by atoms with Crippen molar-refractivity contribution >= 4 is 5.94 Å².